The Morgan fingerprint density at radius 3 is 3.00 bits per heavy atom. The van der Waals surface area contributed by atoms with E-state index in [9.17, 15) is 0 Å². The number of thioether (sulfide) groups is 1. The molecule has 0 aromatic carbocycles. The van der Waals surface area contributed by atoms with Crippen molar-refractivity contribution in [2.45, 2.75) is 10.1 Å². The highest BCUT2D eigenvalue weighted by atomic mass is 32.2. The number of thiazole rings is 1. The molecule has 0 spiro atoms. The Bertz CT molecular complexity index is 400. The molecular weight excluding hydrogens is 214 g/mol. The molecule has 5 heteroatoms. The van der Waals surface area contributed by atoms with Gasteiger partial charge in [-0.15, -0.1) is 11.3 Å². The van der Waals surface area contributed by atoms with E-state index < -0.39 is 0 Å². The van der Waals surface area contributed by atoms with Crippen LogP contribution in [0.3, 0.4) is 0 Å². The number of pyridine rings is 1. The normalized spacial score (nSPS) is 10.3. The lowest BCUT2D eigenvalue weighted by molar-refractivity contribution is 1.23. The average molecular weight is 223 g/mol. The average Bonchev–Trinajstić information content (AvgIpc) is 2.69. The first-order valence-electron chi connectivity index (χ1n) is 4.08. The van der Waals surface area contributed by atoms with Crippen LogP contribution < -0.4 is 5.73 Å². The van der Waals surface area contributed by atoms with Crippen LogP contribution >= 0.6 is 23.1 Å². The second-order valence-electron chi connectivity index (χ2n) is 2.63. The molecule has 0 saturated carbocycles. The van der Waals surface area contributed by atoms with Crippen LogP contribution in [0.1, 0.15) is 5.56 Å². The summed E-state index contributed by atoms with van der Waals surface area (Å²) in [5.41, 5.74) is 6.78. The number of nitrogens with two attached hydrogens (primary N) is 1. The molecule has 0 unspecified atom stereocenters. The van der Waals surface area contributed by atoms with Gasteiger partial charge in [0.1, 0.15) is 10.2 Å². The minimum atomic E-state index is 0.608. The largest absolute Gasteiger partial charge is 0.383 e. The first-order valence-corrected chi connectivity index (χ1v) is 5.94. The minimum Gasteiger partial charge on any atom is -0.383 e. The number of rotatable bonds is 3. The van der Waals surface area contributed by atoms with Crippen molar-refractivity contribution >= 4 is 28.9 Å². The van der Waals surface area contributed by atoms with Crippen LogP contribution in [0.4, 0.5) is 5.82 Å². The summed E-state index contributed by atoms with van der Waals surface area (Å²) < 4.78 is 1.06. The summed E-state index contributed by atoms with van der Waals surface area (Å²) in [4.78, 5) is 8.21. The standard InChI is InChI=1S/C9H9N3S2/c10-8-7(2-1-3-11-8)6-14-9-12-4-5-13-9/h1-5H,6H2,(H2,10,11). The molecule has 2 heterocycles. The lowest BCUT2D eigenvalue weighted by Crippen LogP contribution is -1.94. The molecular formula is C9H9N3S2. The summed E-state index contributed by atoms with van der Waals surface area (Å²) >= 11 is 3.32. The van der Waals surface area contributed by atoms with Gasteiger partial charge in [0.25, 0.3) is 0 Å². The van der Waals surface area contributed by atoms with E-state index in [1.807, 2.05) is 17.5 Å². The van der Waals surface area contributed by atoms with Gasteiger partial charge in [-0.2, -0.15) is 0 Å². The zero-order valence-electron chi connectivity index (χ0n) is 7.38. The van der Waals surface area contributed by atoms with Gasteiger partial charge in [0.05, 0.1) is 0 Å². The molecule has 0 fully saturated rings. The summed E-state index contributed by atoms with van der Waals surface area (Å²) in [7, 11) is 0. The Morgan fingerprint density at radius 2 is 2.29 bits per heavy atom. The van der Waals surface area contributed by atoms with Crippen molar-refractivity contribution in [2.75, 3.05) is 5.73 Å². The lowest BCUT2D eigenvalue weighted by Gasteiger charge is -2.01. The van der Waals surface area contributed by atoms with Crippen LogP contribution in [0.5, 0.6) is 0 Å². The number of hydrogen-bond acceptors (Lipinski definition) is 5. The molecule has 0 bridgehead atoms. The van der Waals surface area contributed by atoms with Crippen LogP contribution in [0, 0.1) is 0 Å². The topological polar surface area (TPSA) is 51.8 Å². The molecule has 2 rings (SSSR count). The summed E-state index contributed by atoms with van der Waals surface area (Å²) in [6.07, 6.45) is 3.51. The molecule has 0 aliphatic heterocycles. The number of hydrogen-bond donors (Lipinski definition) is 1. The number of aromatic nitrogens is 2. The Kier molecular flexibility index (Phi) is 3.00. The number of nitrogens with zero attached hydrogens (tertiary/aromatic N) is 2. The highest BCUT2D eigenvalue weighted by molar-refractivity contribution is 8.00. The zero-order valence-corrected chi connectivity index (χ0v) is 9.02. The fraction of sp³-hybridized carbons (Fsp3) is 0.111. The third-order valence-corrected chi connectivity index (χ3v) is 3.70. The summed E-state index contributed by atoms with van der Waals surface area (Å²) in [6.45, 7) is 0. The van der Waals surface area contributed by atoms with E-state index in [2.05, 4.69) is 9.97 Å². The quantitative estimate of drug-likeness (QED) is 0.812. The molecule has 72 valence electrons. The van der Waals surface area contributed by atoms with Gasteiger partial charge in [0.15, 0.2) is 0 Å². The van der Waals surface area contributed by atoms with Gasteiger partial charge in [-0.1, -0.05) is 17.8 Å². The van der Waals surface area contributed by atoms with Crippen molar-refractivity contribution in [3.8, 4) is 0 Å². The summed E-state index contributed by atoms with van der Waals surface area (Å²) in [5.74, 6) is 1.43. The van der Waals surface area contributed by atoms with Gasteiger partial charge in [0, 0.05) is 29.1 Å². The Labute approximate surface area is 90.4 Å². The molecule has 0 aliphatic carbocycles. The summed E-state index contributed by atoms with van der Waals surface area (Å²) in [5, 5.41) is 1.97. The third kappa shape index (κ3) is 2.24. The Hall–Kier alpha value is -1.07. The first-order chi connectivity index (χ1) is 6.86. The fourth-order valence-electron chi connectivity index (χ4n) is 0.994. The van der Waals surface area contributed by atoms with Crippen LogP contribution in [0.2, 0.25) is 0 Å². The SMILES string of the molecule is Nc1ncccc1CSc1nccs1. The number of nitrogen functional groups attached to an aromatic ring is 1. The lowest BCUT2D eigenvalue weighted by atomic mass is 10.3. The van der Waals surface area contributed by atoms with Gasteiger partial charge in [0.2, 0.25) is 0 Å². The maximum atomic E-state index is 5.72. The molecule has 0 aliphatic rings. The van der Waals surface area contributed by atoms with Gasteiger partial charge >= 0.3 is 0 Å². The molecule has 0 saturated heterocycles. The molecule has 2 N–H and O–H groups in total. The molecule has 0 amide bonds. The van der Waals surface area contributed by atoms with Crippen molar-refractivity contribution in [2.24, 2.45) is 0 Å². The molecule has 3 nitrogen and oxygen atoms in total. The Morgan fingerprint density at radius 1 is 1.36 bits per heavy atom. The molecule has 2 aromatic heterocycles. The van der Waals surface area contributed by atoms with Crippen LogP contribution in [0.25, 0.3) is 0 Å². The van der Waals surface area contributed by atoms with Crippen molar-refractivity contribution in [1.29, 1.82) is 0 Å². The van der Waals surface area contributed by atoms with Crippen molar-refractivity contribution in [3.05, 3.63) is 35.5 Å². The number of anilines is 1. The maximum Gasteiger partial charge on any atom is 0.150 e. The predicted octanol–water partition coefficient (Wildman–Crippen LogP) is 2.41. The van der Waals surface area contributed by atoms with Gasteiger partial charge in [-0.05, 0) is 6.07 Å². The second-order valence-corrected chi connectivity index (χ2v) is 4.75. The van der Waals surface area contributed by atoms with Crippen LogP contribution in [0.15, 0.2) is 34.2 Å². The Balaban J connectivity index is 2.02. The maximum absolute atomic E-state index is 5.72. The van der Waals surface area contributed by atoms with Crippen molar-refractivity contribution in [1.82, 2.24) is 9.97 Å². The van der Waals surface area contributed by atoms with E-state index in [1.165, 1.54) is 0 Å². The fourth-order valence-corrected chi connectivity index (χ4v) is 2.63. The predicted molar refractivity (Wildman–Crippen MR) is 60.3 cm³/mol. The van der Waals surface area contributed by atoms with Crippen LogP contribution in [-0.2, 0) is 5.75 Å². The van der Waals surface area contributed by atoms with E-state index in [0.717, 1.165) is 15.7 Å². The van der Waals surface area contributed by atoms with E-state index >= 15 is 0 Å². The van der Waals surface area contributed by atoms with Crippen molar-refractivity contribution in [3.63, 3.8) is 0 Å². The monoisotopic (exact) mass is 223 g/mol. The third-order valence-electron chi connectivity index (χ3n) is 1.69. The molecule has 0 atom stereocenters. The first kappa shape index (κ1) is 9.48. The van der Waals surface area contributed by atoms with E-state index in [4.69, 9.17) is 5.73 Å². The molecule has 0 radical (unpaired) electrons. The van der Waals surface area contributed by atoms with Gasteiger partial charge in [-0.3, -0.25) is 0 Å². The molecule has 14 heavy (non-hydrogen) atoms. The molecule has 2 aromatic rings. The van der Waals surface area contributed by atoms with E-state index in [-0.39, 0.29) is 0 Å². The van der Waals surface area contributed by atoms with Crippen LogP contribution in [-0.4, -0.2) is 9.97 Å². The van der Waals surface area contributed by atoms with Crippen molar-refractivity contribution < 1.29 is 0 Å². The second kappa shape index (κ2) is 4.43. The van der Waals surface area contributed by atoms with E-state index in [1.54, 1.807) is 35.5 Å². The minimum absolute atomic E-state index is 0.608. The zero-order chi connectivity index (χ0) is 9.80. The summed E-state index contributed by atoms with van der Waals surface area (Å²) in [6, 6.07) is 3.89. The highest BCUT2D eigenvalue weighted by Gasteiger charge is 2.01. The smallest absolute Gasteiger partial charge is 0.150 e. The van der Waals surface area contributed by atoms with E-state index in [0.29, 0.717) is 5.82 Å². The van der Waals surface area contributed by atoms with Gasteiger partial charge in [-0.25, -0.2) is 9.97 Å². The highest BCUT2D eigenvalue weighted by Crippen LogP contribution is 2.25. The van der Waals surface area contributed by atoms with Gasteiger partial charge < -0.3 is 5.73 Å².